The van der Waals surface area contributed by atoms with Gasteiger partial charge in [-0.05, 0) is 49.1 Å². The first-order valence-electron chi connectivity index (χ1n) is 7.94. The summed E-state index contributed by atoms with van der Waals surface area (Å²) in [7, 11) is 1.57. The van der Waals surface area contributed by atoms with E-state index in [-0.39, 0.29) is 17.0 Å². The summed E-state index contributed by atoms with van der Waals surface area (Å²) in [4.78, 5) is 23.0. The van der Waals surface area contributed by atoms with E-state index in [0.29, 0.717) is 24.0 Å². The zero-order chi connectivity index (χ0) is 18.4. The second-order valence-corrected chi connectivity index (χ2v) is 5.67. The Labute approximate surface area is 146 Å². The normalized spacial score (nSPS) is 11.2. The molecule has 1 amide bonds. The fourth-order valence-electron chi connectivity index (χ4n) is 2.62. The van der Waals surface area contributed by atoms with Crippen LogP contribution in [0.5, 0.6) is 0 Å². The minimum absolute atomic E-state index is 0.0300. The minimum atomic E-state index is -1.15. The van der Waals surface area contributed by atoms with Crippen LogP contribution in [-0.2, 0) is 11.2 Å². The number of carbonyl (C=O) groups excluding carboxylic acids is 1. The lowest BCUT2D eigenvalue weighted by molar-refractivity contribution is -0.130. The van der Waals surface area contributed by atoms with E-state index >= 15 is 0 Å². The molecule has 4 nitrogen and oxygen atoms in total. The zero-order valence-electron chi connectivity index (χ0n) is 14.2. The predicted octanol–water partition coefficient (Wildman–Crippen LogP) is 3.59. The second-order valence-electron chi connectivity index (χ2n) is 5.67. The molecule has 0 radical (unpaired) electrons. The molecule has 2 aromatic carbocycles. The maximum absolute atomic E-state index is 14.0. The Morgan fingerprint density at radius 3 is 2.40 bits per heavy atom. The van der Waals surface area contributed by atoms with Gasteiger partial charge in [0.25, 0.3) is 5.91 Å². The Hall–Kier alpha value is -2.95. The van der Waals surface area contributed by atoms with Gasteiger partial charge in [0.15, 0.2) is 0 Å². The lowest BCUT2D eigenvalue weighted by Gasteiger charge is -2.08. The zero-order valence-corrected chi connectivity index (χ0v) is 14.2. The summed E-state index contributed by atoms with van der Waals surface area (Å²) in [5, 5.41) is 12.0. The van der Waals surface area contributed by atoms with Crippen LogP contribution in [0.2, 0.25) is 0 Å². The molecule has 0 aliphatic rings. The molecule has 0 saturated carbocycles. The molecular weight excluding hydrogens is 321 g/mol. The van der Waals surface area contributed by atoms with Crippen LogP contribution in [0.3, 0.4) is 0 Å². The van der Waals surface area contributed by atoms with Gasteiger partial charge in [0.2, 0.25) is 0 Å². The Balaban J connectivity index is 2.15. The highest BCUT2D eigenvalue weighted by Gasteiger charge is 2.16. The van der Waals surface area contributed by atoms with Gasteiger partial charge in [-0.25, -0.2) is 9.18 Å². The Morgan fingerprint density at radius 1 is 1.16 bits per heavy atom. The molecule has 0 aromatic heterocycles. The number of rotatable bonds is 6. The van der Waals surface area contributed by atoms with E-state index in [4.69, 9.17) is 0 Å². The van der Waals surface area contributed by atoms with E-state index in [9.17, 15) is 19.1 Å². The largest absolute Gasteiger partial charge is 0.478 e. The molecule has 2 N–H and O–H groups in total. The Bertz CT molecular complexity index is 790. The third kappa shape index (κ3) is 4.53. The molecule has 0 unspecified atom stereocenters. The van der Waals surface area contributed by atoms with Gasteiger partial charge in [-0.3, -0.25) is 4.79 Å². The summed E-state index contributed by atoms with van der Waals surface area (Å²) in [5.41, 5.74) is 2.22. The summed E-state index contributed by atoms with van der Waals surface area (Å²) in [6, 6.07) is 11.6. The number of allylic oxidation sites excluding steroid dienone is 1. The number of hydrogen-bond donors (Lipinski definition) is 2. The van der Waals surface area contributed by atoms with E-state index in [1.54, 1.807) is 44.3 Å². The number of halogens is 1. The second kappa shape index (κ2) is 8.24. The molecule has 0 atom stereocenters. The predicted molar refractivity (Wildman–Crippen MR) is 94.9 cm³/mol. The maximum Gasteiger partial charge on any atom is 0.336 e. The number of aryl methyl sites for hydroxylation is 2. The first-order chi connectivity index (χ1) is 11.9. The molecule has 130 valence electrons. The van der Waals surface area contributed by atoms with Gasteiger partial charge in [-0.15, -0.1) is 0 Å². The van der Waals surface area contributed by atoms with Gasteiger partial charge >= 0.3 is 5.97 Å². The highest BCUT2D eigenvalue weighted by Crippen LogP contribution is 2.23. The van der Waals surface area contributed by atoms with E-state index < -0.39 is 11.8 Å². The van der Waals surface area contributed by atoms with Crippen molar-refractivity contribution in [3.8, 4) is 0 Å². The molecule has 5 heteroatoms. The molecule has 0 saturated heterocycles. The smallest absolute Gasteiger partial charge is 0.336 e. The van der Waals surface area contributed by atoms with Gasteiger partial charge in [0, 0.05) is 18.2 Å². The summed E-state index contributed by atoms with van der Waals surface area (Å²) in [5.74, 6) is -1.85. The Kier molecular flexibility index (Phi) is 6.06. The van der Waals surface area contributed by atoms with Crippen LogP contribution in [0, 0.1) is 12.7 Å². The standard InChI is InChI=1S/C20H20FNO3/c1-13-5-3-8-17(21)18(13)16(20(24)25)7-4-6-14-9-11-15(12-10-14)19(23)22-2/h3,5,7-12H,4,6H2,1-2H3,(H,22,23)(H,24,25)/b16-7+. The van der Waals surface area contributed by atoms with Crippen molar-refractivity contribution in [2.75, 3.05) is 7.05 Å². The van der Waals surface area contributed by atoms with Crippen molar-refractivity contribution >= 4 is 17.4 Å². The summed E-state index contributed by atoms with van der Waals surface area (Å²) < 4.78 is 14.0. The third-order valence-electron chi connectivity index (χ3n) is 3.95. The van der Waals surface area contributed by atoms with Crippen molar-refractivity contribution in [2.24, 2.45) is 0 Å². The lowest BCUT2D eigenvalue weighted by atomic mass is 9.98. The summed E-state index contributed by atoms with van der Waals surface area (Å²) in [6.07, 6.45) is 2.59. The molecule has 2 rings (SSSR count). The number of hydrogen-bond acceptors (Lipinski definition) is 2. The van der Waals surface area contributed by atoms with Gasteiger partial charge in [0.05, 0.1) is 5.57 Å². The van der Waals surface area contributed by atoms with Crippen LogP contribution in [0.25, 0.3) is 5.57 Å². The quantitative estimate of drug-likeness (QED) is 0.789. The minimum Gasteiger partial charge on any atom is -0.478 e. The topological polar surface area (TPSA) is 66.4 Å². The monoisotopic (exact) mass is 341 g/mol. The number of benzene rings is 2. The number of nitrogens with one attached hydrogen (secondary N) is 1. The maximum atomic E-state index is 14.0. The van der Waals surface area contributed by atoms with Crippen molar-refractivity contribution in [1.29, 1.82) is 0 Å². The van der Waals surface area contributed by atoms with E-state index in [1.165, 1.54) is 6.07 Å². The fraction of sp³-hybridized carbons (Fsp3) is 0.200. The van der Waals surface area contributed by atoms with Crippen LogP contribution in [-0.4, -0.2) is 24.0 Å². The summed E-state index contributed by atoms with van der Waals surface area (Å²) >= 11 is 0. The number of amides is 1. The number of carboxylic acids is 1. The average molecular weight is 341 g/mol. The molecule has 0 aliphatic carbocycles. The fourth-order valence-corrected chi connectivity index (χ4v) is 2.62. The molecular formula is C20H20FNO3. The van der Waals surface area contributed by atoms with Gasteiger partial charge in [-0.2, -0.15) is 0 Å². The SMILES string of the molecule is CNC(=O)c1ccc(CC/C=C(/C(=O)O)c2c(C)cccc2F)cc1. The van der Waals surface area contributed by atoms with Crippen LogP contribution >= 0.6 is 0 Å². The molecule has 0 aliphatic heterocycles. The van der Waals surface area contributed by atoms with Crippen molar-refractivity contribution in [3.05, 3.63) is 76.6 Å². The number of carboxylic acid groups (broad SMARTS) is 1. The van der Waals surface area contributed by atoms with Crippen molar-refractivity contribution in [2.45, 2.75) is 19.8 Å². The molecule has 0 bridgehead atoms. The van der Waals surface area contributed by atoms with E-state index in [0.717, 1.165) is 5.56 Å². The molecule has 25 heavy (non-hydrogen) atoms. The summed E-state index contributed by atoms with van der Waals surface area (Å²) in [6.45, 7) is 1.69. The van der Waals surface area contributed by atoms with Crippen LogP contribution in [0.1, 0.15) is 33.5 Å². The lowest BCUT2D eigenvalue weighted by Crippen LogP contribution is -2.17. The van der Waals surface area contributed by atoms with Crippen LogP contribution in [0.4, 0.5) is 4.39 Å². The van der Waals surface area contributed by atoms with Crippen molar-refractivity contribution in [3.63, 3.8) is 0 Å². The van der Waals surface area contributed by atoms with Crippen molar-refractivity contribution < 1.29 is 19.1 Å². The van der Waals surface area contributed by atoms with Crippen LogP contribution in [0.15, 0.2) is 48.5 Å². The first kappa shape index (κ1) is 18.4. The number of carbonyl (C=O) groups is 2. The first-order valence-corrected chi connectivity index (χ1v) is 7.94. The molecule has 0 fully saturated rings. The van der Waals surface area contributed by atoms with E-state index in [1.807, 2.05) is 12.1 Å². The molecule has 0 heterocycles. The van der Waals surface area contributed by atoms with Gasteiger partial charge in [0.1, 0.15) is 5.82 Å². The molecule has 2 aromatic rings. The van der Waals surface area contributed by atoms with Gasteiger partial charge in [-0.1, -0.05) is 30.3 Å². The third-order valence-corrected chi connectivity index (χ3v) is 3.95. The van der Waals surface area contributed by atoms with Crippen LogP contribution < -0.4 is 5.32 Å². The Morgan fingerprint density at radius 2 is 1.84 bits per heavy atom. The van der Waals surface area contributed by atoms with Gasteiger partial charge < -0.3 is 10.4 Å². The highest BCUT2D eigenvalue weighted by atomic mass is 19.1. The highest BCUT2D eigenvalue weighted by molar-refractivity contribution is 6.15. The van der Waals surface area contributed by atoms with Crippen molar-refractivity contribution in [1.82, 2.24) is 5.32 Å². The average Bonchev–Trinajstić information content (AvgIpc) is 2.59. The van der Waals surface area contributed by atoms with E-state index in [2.05, 4.69) is 5.32 Å². The number of aliphatic carboxylic acids is 1. The molecule has 0 spiro atoms.